The third kappa shape index (κ3) is 5.05. The zero-order chi connectivity index (χ0) is 27.3. The van der Waals surface area contributed by atoms with Crippen molar-refractivity contribution in [3.63, 3.8) is 0 Å². The van der Waals surface area contributed by atoms with Crippen LogP contribution in [0.5, 0.6) is 0 Å². The van der Waals surface area contributed by atoms with Crippen LogP contribution in [0.3, 0.4) is 0 Å². The number of piperidine rings is 1. The zero-order valence-electron chi connectivity index (χ0n) is 21.6. The number of hydrogen-bond donors (Lipinski definition) is 2. The van der Waals surface area contributed by atoms with Crippen molar-refractivity contribution < 1.29 is 21.2 Å². The van der Waals surface area contributed by atoms with E-state index in [-0.39, 0.29) is 10.8 Å². The third-order valence-electron chi connectivity index (χ3n) is 7.52. The molecule has 1 saturated heterocycles. The second-order valence-corrected chi connectivity index (χ2v) is 14.3. The van der Waals surface area contributed by atoms with Gasteiger partial charge in [-0.3, -0.25) is 4.90 Å². The molecule has 0 spiro atoms. The number of sulfonamides is 1. The van der Waals surface area contributed by atoms with E-state index in [0.717, 1.165) is 11.8 Å². The number of hydrazine groups is 1. The van der Waals surface area contributed by atoms with Crippen LogP contribution in [0.25, 0.3) is 11.0 Å². The Morgan fingerprint density at radius 2 is 1.82 bits per heavy atom. The maximum absolute atomic E-state index is 13.5. The number of halogens is 1. The molecule has 2 N–H and O–H groups in total. The molecule has 13 heteroatoms. The van der Waals surface area contributed by atoms with Gasteiger partial charge in [0.1, 0.15) is 6.67 Å². The van der Waals surface area contributed by atoms with Gasteiger partial charge in [0.2, 0.25) is 10.0 Å². The van der Waals surface area contributed by atoms with E-state index in [1.165, 1.54) is 10.2 Å². The summed E-state index contributed by atoms with van der Waals surface area (Å²) in [6.07, 6.45) is 5.07. The smallest absolute Gasteiger partial charge is 0.269 e. The molecule has 3 aromatic rings. The molecule has 0 aliphatic carbocycles. The maximum Gasteiger partial charge on any atom is 0.269 e. The second kappa shape index (κ2) is 9.87. The van der Waals surface area contributed by atoms with E-state index in [1.807, 2.05) is 18.9 Å². The van der Waals surface area contributed by atoms with Crippen molar-refractivity contribution >= 4 is 36.8 Å². The van der Waals surface area contributed by atoms with Crippen LogP contribution in [0.4, 0.5) is 10.1 Å². The summed E-state index contributed by atoms with van der Waals surface area (Å²) in [5, 5.41) is 2.52. The summed E-state index contributed by atoms with van der Waals surface area (Å²) < 4.78 is 68.7. The number of pyridine rings is 1. The van der Waals surface area contributed by atoms with E-state index in [1.54, 1.807) is 42.6 Å². The standard InChI is InChI=1S/C25H33FN6O4S2/c1-25(2,17-26)30-12-9-18(10-13-30)23(29-37(3,33)34)31-16-21-20-11-14-32(24(20)27-15-22(21)28-31)38(35,36)19-7-5-4-6-8-19/h4-8,11,14-15,18,23,28-29H,9-10,12-13,16-17H2,1-3H3. The molecule has 2 aliphatic rings. The molecule has 1 atom stereocenters. The van der Waals surface area contributed by atoms with Gasteiger partial charge in [0.15, 0.2) is 5.65 Å². The fraction of sp³-hybridized carbons (Fsp3) is 0.480. The lowest BCUT2D eigenvalue weighted by atomic mass is 9.90. The minimum Gasteiger partial charge on any atom is -0.315 e. The van der Waals surface area contributed by atoms with Crippen molar-refractivity contribution in [1.29, 1.82) is 0 Å². The van der Waals surface area contributed by atoms with Gasteiger partial charge in [-0.05, 0) is 63.9 Å². The summed E-state index contributed by atoms with van der Waals surface area (Å²) in [7, 11) is -7.37. The number of aromatic nitrogens is 2. The van der Waals surface area contributed by atoms with Gasteiger partial charge in [0.05, 0.1) is 29.2 Å². The Labute approximate surface area is 222 Å². The number of alkyl halides is 1. The van der Waals surface area contributed by atoms with Crippen LogP contribution < -0.4 is 10.1 Å². The largest absolute Gasteiger partial charge is 0.315 e. The van der Waals surface area contributed by atoms with E-state index in [2.05, 4.69) is 20.0 Å². The van der Waals surface area contributed by atoms with Gasteiger partial charge in [0, 0.05) is 29.2 Å². The molecule has 10 nitrogen and oxygen atoms in total. The quantitative estimate of drug-likeness (QED) is 0.429. The minimum atomic E-state index is -3.83. The molecule has 0 amide bonds. The molecule has 4 heterocycles. The Kier molecular flexibility index (Phi) is 7.01. The summed E-state index contributed by atoms with van der Waals surface area (Å²) in [6.45, 7) is 4.98. The van der Waals surface area contributed by atoms with Crippen LogP contribution >= 0.6 is 0 Å². The number of benzene rings is 1. The first kappa shape index (κ1) is 27.0. The number of nitrogens with zero attached hydrogens (tertiary/aromatic N) is 4. The van der Waals surface area contributed by atoms with Crippen LogP contribution in [0.15, 0.2) is 53.7 Å². The topological polar surface area (TPSA) is 117 Å². The van der Waals surface area contributed by atoms with Crippen LogP contribution in [-0.4, -0.2) is 73.4 Å². The highest BCUT2D eigenvalue weighted by atomic mass is 32.2. The van der Waals surface area contributed by atoms with E-state index in [4.69, 9.17) is 0 Å². The molecule has 1 aromatic carbocycles. The number of nitrogens with one attached hydrogen (secondary N) is 2. The van der Waals surface area contributed by atoms with Gasteiger partial charge in [0.25, 0.3) is 10.0 Å². The normalized spacial score (nSPS) is 18.9. The van der Waals surface area contributed by atoms with Gasteiger partial charge < -0.3 is 5.43 Å². The average molecular weight is 565 g/mol. The Morgan fingerprint density at radius 1 is 1.13 bits per heavy atom. The van der Waals surface area contributed by atoms with Gasteiger partial charge in [-0.1, -0.05) is 18.2 Å². The molecule has 1 unspecified atom stereocenters. The molecule has 38 heavy (non-hydrogen) atoms. The first-order valence-corrected chi connectivity index (χ1v) is 15.8. The fourth-order valence-electron chi connectivity index (χ4n) is 5.35. The fourth-order valence-corrected chi connectivity index (χ4v) is 7.44. The molecule has 0 radical (unpaired) electrons. The predicted octanol–water partition coefficient (Wildman–Crippen LogP) is 2.75. The molecule has 2 aromatic heterocycles. The van der Waals surface area contributed by atoms with Gasteiger partial charge in [-0.25, -0.2) is 35.2 Å². The average Bonchev–Trinajstić information content (AvgIpc) is 3.52. The number of anilines is 1. The third-order valence-corrected chi connectivity index (χ3v) is 9.87. The highest BCUT2D eigenvalue weighted by Gasteiger charge is 2.39. The Morgan fingerprint density at radius 3 is 2.45 bits per heavy atom. The first-order chi connectivity index (χ1) is 17.9. The van der Waals surface area contributed by atoms with Crippen LogP contribution in [0.2, 0.25) is 0 Å². The van der Waals surface area contributed by atoms with Crippen LogP contribution in [-0.2, 0) is 26.6 Å². The van der Waals surface area contributed by atoms with Crippen molar-refractivity contribution in [2.24, 2.45) is 5.92 Å². The number of likely N-dealkylation sites (tertiary alicyclic amines) is 1. The number of rotatable bonds is 8. The Hall–Kier alpha value is -2.58. The predicted molar refractivity (Wildman–Crippen MR) is 144 cm³/mol. The summed E-state index contributed by atoms with van der Waals surface area (Å²) in [5.74, 6) is -0.00953. The molecular formula is C25H33FN6O4S2. The lowest BCUT2D eigenvalue weighted by molar-refractivity contribution is 0.0308. The van der Waals surface area contributed by atoms with Gasteiger partial charge in [-0.15, -0.1) is 0 Å². The van der Waals surface area contributed by atoms with E-state index in [0.29, 0.717) is 49.2 Å². The lowest BCUT2D eigenvalue weighted by Gasteiger charge is -2.44. The molecule has 5 rings (SSSR count). The van der Waals surface area contributed by atoms with Crippen molar-refractivity contribution in [2.45, 2.75) is 49.8 Å². The van der Waals surface area contributed by atoms with Gasteiger partial charge >= 0.3 is 0 Å². The summed E-state index contributed by atoms with van der Waals surface area (Å²) in [6, 6.07) is 9.90. The van der Waals surface area contributed by atoms with Crippen LogP contribution in [0, 0.1) is 5.92 Å². The molecule has 1 fully saturated rings. The summed E-state index contributed by atoms with van der Waals surface area (Å²) >= 11 is 0. The molecule has 0 saturated carbocycles. The van der Waals surface area contributed by atoms with Crippen molar-refractivity contribution in [3.05, 3.63) is 54.4 Å². The summed E-state index contributed by atoms with van der Waals surface area (Å²) in [5.41, 5.74) is 4.58. The number of fused-ring (bicyclic) bond motifs is 3. The monoisotopic (exact) mass is 564 g/mol. The minimum absolute atomic E-state index is 0.00953. The Bertz CT molecular complexity index is 1530. The molecule has 0 bridgehead atoms. The molecule has 206 valence electrons. The van der Waals surface area contributed by atoms with E-state index in [9.17, 15) is 21.2 Å². The van der Waals surface area contributed by atoms with E-state index < -0.39 is 38.4 Å². The molecular weight excluding hydrogens is 531 g/mol. The molecule has 2 aliphatic heterocycles. The SMILES string of the molecule is CC(C)(CF)N1CCC(C(NS(C)(=O)=O)N2Cc3c(cnc4c3ccn4S(=O)(=O)c3ccccc3)N2)CC1. The number of hydrogen-bond acceptors (Lipinski definition) is 8. The highest BCUT2D eigenvalue weighted by Crippen LogP contribution is 2.36. The Balaban J connectivity index is 1.42. The first-order valence-electron chi connectivity index (χ1n) is 12.5. The van der Waals surface area contributed by atoms with E-state index >= 15 is 0 Å². The van der Waals surface area contributed by atoms with Crippen LogP contribution in [0.1, 0.15) is 32.3 Å². The van der Waals surface area contributed by atoms with Crippen molar-refractivity contribution in [2.75, 3.05) is 31.4 Å². The van der Waals surface area contributed by atoms with Crippen molar-refractivity contribution in [3.8, 4) is 0 Å². The van der Waals surface area contributed by atoms with Gasteiger partial charge in [-0.2, -0.15) is 4.72 Å². The lowest BCUT2D eigenvalue weighted by Crippen LogP contribution is -2.57. The highest BCUT2D eigenvalue weighted by molar-refractivity contribution is 7.90. The summed E-state index contributed by atoms with van der Waals surface area (Å²) in [4.78, 5) is 6.72. The maximum atomic E-state index is 13.5. The van der Waals surface area contributed by atoms with Crippen molar-refractivity contribution in [1.82, 2.24) is 23.6 Å². The zero-order valence-corrected chi connectivity index (χ0v) is 23.3. The second-order valence-electron chi connectivity index (χ2n) is 10.7.